The van der Waals surface area contributed by atoms with Crippen LogP contribution >= 0.6 is 0 Å². The third-order valence-corrected chi connectivity index (χ3v) is 3.39. The van der Waals surface area contributed by atoms with Gasteiger partial charge in [-0.2, -0.15) is 10.1 Å². The van der Waals surface area contributed by atoms with E-state index in [1.807, 2.05) is 6.92 Å². The van der Waals surface area contributed by atoms with Crippen molar-refractivity contribution in [2.45, 2.75) is 6.92 Å². The molecule has 2 N–H and O–H groups in total. The standard InChI is InChI=1S/C16H17FN6O/c1-10-9-13(18-2)22-16(20-10)21-11-5-6-12(24-3)15(14(11)17)23-8-4-7-19-23/h4-9H,1-3H3,(H2,18,20,21,22). The second-order valence-corrected chi connectivity index (χ2v) is 5.02. The van der Waals surface area contributed by atoms with Crippen LogP contribution in [0.3, 0.4) is 0 Å². The Bertz CT molecular complexity index is 850. The van der Waals surface area contributed by atoms with Crippen LogP contribution in [0.2, 0.25) is 0 Å². The zero-order valence-corrected chi connectivity index (χ0v) is 13.5. The molecule has 0 atom stereocenters. The van der Waals surface area contributed by atoms with E-state index in [0.29, 0.717) is 17.5 Å². The van der Waals surface area contributed by atoms with Crippen LogP contribution in [0.15, 0.2) is 36.7 Å². The van der Waals surface area contributed by atoms with Gasteiger partial charge in [-0.15, -0.1) is 0 Å². The zero-order valence-electron chi connectivity index (χ0n) is 13.5. The van der Waals surface area contributed by atoms with Gasteiger partial charge in [-0.3, -0.25) is 0 Å². The van der Waals surface area contributed by atoms with E-state index in [-0.39, 0.29) is 11.4 Å². The van der Waals surface area contributed by atoms with Gasteiger partial charge in [-0.25, -0.2) is 14.1 Å². The average Bonchev–Trinajstić information content (AvgIpc) is 3.10. The summed E-state index contributed by atoms with van der Waals surface area (Å²) in [7, 11) is 3.24. The summed E-state index contributed by atoms with van der Waals surface area (Å²) in [6, 6.07) is 6.75. The second-order valence-electron chi connectivity index (χ2n) is 5.02. The number of rotatable bonds is 5. The van der Waals surface area contributed by atoms with Crippen LogP contribution in [0.1, 0.15) is 5.69 Å². The number of benzene rings is 1. The van der Waals surface area contributed by atoms with Crippen molar-refractivity contribution in [3.63, 3.8) is 0 Å². The molecule has 2 heterocycles. The number of nitrogens with one attached hydrogen (secondary N) is 2. The third-order valence-electron chi connectivity index (χ3n) is 3.39. The lowest BCUT2D eigenvalue weighted by molar-refractivity contribution is 0.407. The quantitative estimate of drug-likeness (QED) is 0.750. The number of aromatic nitrogens is 4. The van der Waals surface area contributed by atoms with Gasteiger partial charge in [0.05, 0.1) is 12.8 Å². The van der Waals surface area contributed by atoms with E-state index in [1.165, 1.54) is 11.8 Å². The molecule has 3 aromatic rings. The minimum atomic E-state index is -0.505. The maximum atomic E-state index is 15.0. The van der Waals surface area contributed by atoms with Crippen molar-refractivity contribution in [3.8, 4) is 11.4 Å². The van der Waals surface area contributed by atoms with Gasteiger partial charge < -0.3 is 15.4 Å². The molecule has 1 aromatic carbocycles. The first-order valence-corrected chi connectivity index (χ1v) is 7.29. The summed E-state index contributed by atoms with van der Waals surface area (Å²) in [5.41, 5.74) is 1.21. The van der Waals surface area contributed by atoms with Crippen LogP contribution in [0.4, 0.5) is 21.8 Å². The first-order valence-electron chi connectivity index (χ1n) is 7.29. The summed E-state index contributed by atoms with van der Waals surface area (Å²) < 4.78 is 21.6. The topological polar surface area (TPSA) is 76.9 Å². The number of hydrogen-bond donors (Lipinski definition) is 2. The van der Waals surface area contributed by atoms with Crippen LogP contribution in [0, 0.1) is 12.7 Å². The van der Waals surface area contributed by atoms with Gasteiger partial charge in [-0.05, 0) is 25.1 Å². The predicted molar refractivity (Wildman–Crippen MR) is 89.7 cm³/mol. The molecule has 0 aliphatic heterocycles. The smallest absolute Gasteiger partial charge is 0.229 e. The lowest BCUT2D eigenvalue weighted by Crippen LogP contribution is -2.07. The van der Waals surface area contributed by atoms with Crippen LogP contribution in [0.5, 0.6) is 5.75 Å². The molecule has 0 aliphatic rings. The van der Waals surface area contributed by atoms with Crippen molar-refractivity contribution in [2.75, 3.05) is 24.8 Å². The molecule has 3 rings (SSSR count). The highest BCUT2D eigenvalue weighted by Gasteiger charge is 2.17. The highest BCUT2D eigenvalue weighted by atomic mass is 19.1. The summed E-state index contributed by atoms with van der Waals surface area (Å²) in [6.45, 7) is 1.84. The van der Waals surface area contributed by atoms with Crippen molar-refractivity contribution in [1.82, 2.24) is 19.7 Å². The van der Waals surface area contributed by atoms with E-state index in [9.17, 15) is 4.39 Å². The molecule has 24 heavy (non-hydrogen) atoms. The number of hydrogen-bond acceptors (Lipinski definition) is 6. The van der Waals surface area contributed by atoms with Gasteiger partial charge in [0.15, 0.2) is 5.82 Å². The Morgan fingerprint density at radius 2 is 2.08 bits per heavy atom. The van der Waals surface area contributed by atoms with Gasteiger partial charge in [0.1, 0.15) is 17.3 Å². The van der Waals surface area contributed by atoms with E-state index in [1.54, 1.807) is 43.7 Å². The fourth-order valence-corrected chi connectivity index (χ4v) is 2.30. The minimum absolute atomic E-state index is 0.217. The Morgan fingerprint density at radius 3 is 2.75 bits per heavy atom. The van der Waals surface area contributed by atoms with Crippen molar-refractivity contribution in [2.24, 2.45) is 0 Å². The highest BCUT2D eigenvalue weighted by molar-refractivity contribution is 5.64. The summed E-state index contributed by atoms with van der Waals surface area (Å²) in [5.74, 6) is 0.818. The Labute approximate surface area is 138 Å². The molecule has 0 amide bonds. The number of halogens is 1. The van der Waals surface area contributed by atoms with Crippen molar-refractivity contribution >= 4 is 17.5 Å². The van der Waals surface area contributed by atoms with Crippen molar-refractivity contribution in [3.05, 3.63) is 48.2 Å². The SMILES string of the molecule is CNc1cc(C)nc(Nc2ccc(OC)c(-n3cccn3)c2F)n1. The predicted octanol–water partition coefficient (Wildman–Crippen LogP) is 2.90. The molecule has 124 valence electrons. The molecule has 0 saturated carbocycles. The largest absolute Gasteiger partial charge is 0.494 e. The summed E-state index contributed by atoms with van der Waals surface area (Å²) in [6.07, 6.45) is 3.22. The molecular formula is C16H17FN6O. The lowest BCUT2D eigenvalue weighted by atomic mass is 10.2. The van der Waals surface area contributed by atoms with Gasteiger partial charge in [0.2, 0.25) is 5.95 Å². The number of methoxy groups -OCH3 is 1. The maximum Gasteiger partial charge on any atom is 0.229 e. The molecule has 8 heteroatoms. The molecule has 0 spiro atoms. The first kappa shape index (κ1) is 15.7. The molecule has 0 radical (unpaired) electrons. The van der Waals surface area contributed by atoms with Crippen molar-refractivity contribution < 1.29 is 9.13 Å². The summed E-state index contributed by atoms with van der Waals surface area (Å²) in [4.78, 5) is 8.54. The van der Waals surface area contributed by atoms with E-state index in [2.05, 4.69) is 25.7 Å². The highest BCUT2D eigenvalue weighted by Crippen LogP contribution is 2.31. The fraction of sp³-hybridized carbons (Fsp3) is 0.188. The van der Waals surface area contributed by atoms with Gasteiger partial charge in [0, 0.05) is 31.2 Å². The second kappa shape index (κ2) is 6.53. The van der Waals surface area contributed by atoms with Crippen LogP contribution < -0.4 is 15.4 Å². The maximum absolute atomic E-state index is 15.0. The number of aryl methyl sites for hydroxylation is 1. The Kier molecular flexibility index (Phi) is 4.28. The number of nitrogens with zero attached hydrogens (tertiary/aromatic N) is 4. The first-order chi connectivity index (χ1) is 11.6. The van der Waals surface area contributed by atoms with E-state index < -0.39 is 5.82 Å². The van der Waals surface area contributed by atoms with E-state index >= 15 is 0 Å². The van der Waals surface area contributed by atoms with E-state index in [0.717, 1.165) is 5.69 Å². The Balaban J connectivity index is 2.03. The molecule has 0 unspecified atom stereocenters. The average molecular weight is 328 g/mol. The minimum Gasteiger partial charge on any atom is -0.494 e. The fourth-order valence-electron chi connectivity index (χ4n) is 2.30. The van der Waals surface area contributed by atoms with Gasteiger partial charge in [0.25, 0.3) is 0 Å². The van der Waals surface area contributed by atoms with Gasteiger partial charge >= 0.3 is 0 Å². The lowest BCUT2D eigenvalue weighted by Gasteiger charge is -2.14. The molecule has 0 aliphatic carbocycles. The molecule has 0 fully saturated rings. The van der Waals surface area contributed by atoms with Crippen LogP contribution in [-0.2, 0) is 0 Å². The van der Waals surface area contributed by atoms with Gasteiger partial charge in [-0.1, -0.05) is 0 Å². The molecule has 7 nitrogen and oxygen atoms in total. The Morgan fingerprint density at radius 1 is 1.25 bits per heavy atom. The monoisotopic (exact) mass is 328 g/mol. The summed E-state index contributed by atoms with van der Waals surface area (Å²) >= 11 is 0. The Hall–Kier alpha value is -3.16. The van der Waals surface area contributed by atoms with Crippen LogP contribution in [0.25, 0.3) is 5.69 Å². The molecule has 0 saturated heterocycles. The normalized spacial score (nSPS) is 10.5. The van der Waals surface area contributed by atoms with Crippen molar-refractivity contribution in [1.29, 1.82) is 0 Å². The van der Waals surface area contributed by atoms with E-state index in [4.69, 9.17) is 4.74 Å². The zero-order chi connectivity index (χ0) is 17.1. The summed E-state index contributed by atoms with van der Waals surface area (Å²) in [5, 5.41) is 9.92. The third kappa shape index (κ3) is 2.98. The number of ether oxygens (including phenoxy) is 1. The number of anilines is 3. The molecular weight excluding hydrogens is 311 g/mol. The molecule has 0 bridgehead atoms. The molecule has 2 aromatic heterocycles. The van der Waals surface area contributed by atoms with Crippen LogP contribution in [-0.4, -0.2) is 33.9 Å².